The molecule has 0 radical (unpaired) electrons. The van der Waals surface area contributed by atoms with Gasteiger partial charge in [0, 0.05) is 30.7 Å². The minimum absolute atomic E-state index is 0.293. The third kappa shape index (κ3) is 2.56. The third-order valence-electron chi connectivity index (χ3n) is 4.56. The summed E-state index contributed by atoms with van der Waals surface area (Å²) < 4.78 is 5.26. The molecule has 0 aliphatic carbocycles. The van der Waals surface area contributed by atoms with Gasteiger partial charge >= 0.3 is 5.63 Å². The molecule has 130 valence electrons. The predicted molar refractivity (Wildman–Crippen MR) is 97.4 cm³/mol. The zero-order chi connectivity index (χ0) is 18.4. The van der Waals surface area contributed by atoms with Crippen LogP contribution >= 0.6 is 0 Å². The first-order valence-corrected chi connectivity index (χ1v) is 8.18. The van der Waals surface area contributed by atoms with E-state index in [0.717, 1.165) is 21.4 Å². The predicted octanol–water partition coefficient (Wildman–Crippen LogP) is 2.94. The molecule has 1 N–H and O–H groups in total. The Morgan fingerprint density at radius 2 is 1.73 bits per heavy atom. The van der Waals surface area contributed by atoms with Gasteiger partial charge in [0.2, 0.25) is 0 Å². The Bertz CT molecular complexity index is 1130. The van der Waals surface area contributed by atoms with Gasteiger partial charge in [0.05, 0.1) is 11.1 Å². The lowest BCUT2D eigenvalue weighted by atomic mass is 10.1. The molecule has 26 heavy (non-hydrogen) atoms. The largest absolute Gasteiger partial charge is 0.423 e. The van der Waals surface area contributed by atoms with Crippen LogP contribution < -0.4 is 10.9 Å². The van der Waals surface area contributed by atoms with Crippen molar-refractivity contribution < 1.29 is 14.0 Å². The fraction of sp³-hybridized carbons (Fsp3) is 0.150. The van der Waals surface area contributed by atoms with Gasteiger partial charge in [-0.2, -0.15) is 0 Å². The Labute approximate surface area is 149 Å². The number of hydrogen-bond donors (Lipinski definition) is 1. The molecule has 0 saturated heterocycles. The van der Waals surface area contributed by atoms with Crippen molar-refractivity contribution in [2.75, 3.05) is 12.4 Å². The molecule has 0 bridgehead atoms. The first-order valence-electron chi connectivity index (χ1n) is 8.18. The van der Waals surface area contributed by atoms with Crippen LogP contribution in [-0.4, -0.2) is 23.8 Å². The van der Waals surface area contributed by atoms with Crippen LogP contribution in [0.5, 0.6) is 0 Å². The van der Waals surface area contributed by atoms with Crippen molar-refractivity contribution in [1.82, 2.24) is 4.90 Å². The monoisotopic (exact) mass is 348 g/mol. The summed E-state index contributed by atoms with van der Waals surface area (Å²) in [5, 5.41) is 4.07. The van der Waals surface area contributed by atoms with Crippen LogP contribution in [0.25, 0.3) is 11.0 Å². The van der Waals surface area contributed by atoms with E-state index in [-0.39, 0.29) is 11.8 Å². The molecule has 2 amide bonds. The molecule has 0 unspecified atom stereocenters. The van der Waals surface area contributed by atoms with E-state index in [1.54, 1.807) is 18.2 Å². The highest BCUT2D eigenvalue weighted by atomic mass is 16.4. The molecule has 1 aliphatic heterocycles. The van der Waals surface area contributed by atoms with E-state index in [0.29, 0.717) is 28.9 Å². The highest BCUT2D eigenvalue weighted by molar-refractivity contribution is 6.21. The van der Waals surface area contributed by atoms with Crippen LogP contribution in [0.1, 0.15) is 31.8 Å². The number of aryl methyl sites for hydroxylation is 1. The maximum atomic E-state index is 12.1. The maximum Gasteiger partial charge on any atom is 0.336 e. The molecule has 6 nitrogen and oxygen atoms in total. The zero-order valence-corrected chi connectivity index (χ0v) is 14.3. The van der Waals surface area contributed by atoms with Crippen molar-refractivity contribution in [2.45, 2.75) is 13.5 Å². The van der Waals surface area contributed by atoms with E-state index in [1.807, 2.05) is 25.1 Å². The topological polar surface area (TPSA) is 79.6 Å². The lowest BCUT2D eigenvalue weighted by Gasteiger charge is -2.09. The molecule has 0 fully saturated rings. The minimum atomic E-state index is -0.406. The number of benzene rings is 2. The lowest BCUT2D eigenvalue weighted by Crippen LogP contribution is -2.24. The summed E-state index contributed by atoms with van der Waals surface area (Å²) >= 11 is 0. The molecule has 1 aromatic heterocycles. The molecule has 0 atom stereocenters. The number of fused-ring (bicyclic) bond motifs is 2. The number of anilines is 1. The third-order valence-corrected chi connectivity index (χ3v) is 4.56. The van der Waals surface area contributed by atoms with Crippen molar-refractivity contribution in [3.63, 3.8) is 0 Å². The average molecular weight is 348 g/mol. The summed E-state index contributed by atoms with van der Waals surface area (Å²) in [6.45, 7) is 2.33. The summed E-state index contributed by atoms with van der Waals surface area (Å²) in [5.74, 6) is -0.603. The van der Waals surface area contributed by atoms with Crippen LogP contribution in [0.15, 0.2) is 51.7 Å². The standard InChI is InChI=1S/C20H16N2O4/c1-11-3-5-14-12(8-18(23)26-17(14)7-11)10-21-13-4-6-15-16(9-13)20(25)22(2)19(15)24/h3-9,21H,10H2,1-2H3. The number of nitrogens with zero attached hydrogens (tertiary/aromatic N) is 1. The van der Waals surface area contributed by atoms with Gasteiger partial charge in [-0.15, -0.1) is 0 Å². The summed E-state index contributed by atoms with van der Waals surface area (Å²) in [6, 6.07) is 12.2. The molecule has 1 aliphatic rings. The average Bonchev–Trinajstić information content (AvgIpc) is 2.83. The quantitative estimate of drug-likeness (QED) is 0.581. The Hall–Kier alpha value is -3.41. The van der Waals surface area contributed by atoms with E-state index in [2.05, 4.69) is 5.32 Å². The summed E-state index contributed by atoms with van der Waals surface area (Å²) in [4.78, 5) is 37.0. The smallest absolute Gasteiger partial charge is 0.336 e. The summed E-state index contributed by atoms with van der Waals surface area (Å²) in [7, 11) is 1.47. The molecule has 6 heteroatoms. The van der Waals surface area contributed by atoms with E-state index in [1.165, 1.54) is 13.1 Å². The van der Waals surface area contributed by atoms with Crippen molar-refractivity contribution in [1.29, 1.82) is 0 Å². The SMILES string of the molecule is Cc1ccc2c(CNc3ccc4c(c3)C(=O)N(C)C4=O)cc(=O)oc2c1. The van der Waals surface area contributed by atoms with Gasteiger partial charge in [0.15, 0.2) is 0 Å². The van der Waals surface area contributed by atoms with Gasteiger partial charge < -0.3 is 9.73 Å². The minimum Gasteiger partial charge on any atom is -0.423 e. The normalized spacial score (nSPS) is 13.4. The van der Waals surface area contributed by atoms with E-state index in [4.69, 9.17) is 4.42 Å². The van der Waals surface area contributed by atoms with Crippen LogP contribution in [0.2, 0.25) is 0 Å². The highest BCUT2D eigenvalue weighted by Crippen LogP contribution is 2.25. The van der Waals surface area contributed by atoms with E-state index in [9.17, 15) is 14.4 Å². The lowest BCUT2D eigenvalue weighted by molar-refractivity contribution is 0.0693. The Balaban J connectivity index is 1.65. The van der Waals surface area contributed by atoms with Crippen LogP contribution in [-0.2, 0) is 6.54 Å². The van der Waals surface area contributed by atoms with Gasteiger partial charge in [0.25, 0.3) is 11.8 Å². The van der Waals surface area contributed by atoms with Crippen molar-refractivity contribution in [3.8, 4) is 0 Å². The van der Waals surface area contributed by atoms with Crippen LogP contribution in [0, 0.1) is 6.92 Å². The summed E-state index contributed by atoms with van der Waals surface area (Å²) in [5.41, 5.74) is 3.45. The van der Waals surface area contributed by atoms with Crippen molar-refractivity contribution in [2.24, 2.45) is 0 Å². The Morgan fingerprint density at radius 1 is 0.962 bits per heavy atom. The number of carbonyl (C=O) groups excluding carboxylic acids is 2. The van der Waals surface area contributed by atoms with Gasteiger partial charge in [-0.3, -0.25) is 14.5 Å². The maximum absolute atomic E-state index is 12.1. The zero-order valence-electron chi connectivity index (χ0n) is 14.3. The number of carbonyl (C=O) groups is 2. The number of amides is 2. The van der Waals surface area contributed by atoms with Crippen LogP contribution in [0.3, 0.4) is 0 Å². The second-order valence-corrected chi connectivity index (χ2v) is 6.37. The number of imide groups is 1. The fourth-order valence-electron chi connectivity index (χ4n) is 3.15. The van der Waals surface area contributed by atoms with E-state index < -0.39 is 5.63 Å². The molecule has 0 spiro atoms. The van der Waals surface area contributed by atoms with Gasteiger partial charge in [-0.25, -0.2) is 4.79 Å². The second kappa shape index (κ2) is 5.84. The van der Waals surface area contributed by atoms with Gasteiger partial charge in [0.1, 0.15) is 5.58 Å². The molecule has 4 rings (SSSR count). The molecule has 2 aromatic carbocycles. The molecule has 0 saturated carbocycles. The number of hydrogen-bond acceptors (Lipinski definition) is 5. The first kappa shape index (κ1) is 16.1. The highest BCUT2D eigenvalue weighted by Gasteiger charge is 2.32. The second-order valence-electron chi connectivity index (χ2n) is 6.37. The molecule has 3 aromatic rings. The van der Waals surface area contributed by atoms with Crippen LogP contribution in [0.4, 0.5) is 5.69 Å². The molecular weight excluding hydrogens is 332 g/mol. The fourth-order valence-corrected chi connectivity index (χ4v) is 3.15. The van der Waals surface area contributed by atoms with E-state index >= 15 is 0 Å². The molecule has 2 heterocycles. The Morgan fingerprint density at radius 3 is 2.54 bits per heavy atom. The van der Waals surface area contributed by atoms with Gasteiger partial charge in [-0.1, -0.05) is 12.1 Å². The Kier molecular flexibility index (Phi) is 3.61. The first-order chi connectivity index (χ1) is 12.4. The number of rotatable bonds is 3. The van der Waals surface area contributed by atoms with Gasteiger partial charge in [-0.05, 0) is 42.3 Å². The number of nitrogens with one attached hydrogen (secondary N) is 1. The van der Waals surface area contributed by atoms with Crippen molar-refractivity contribution >= 4 is 28.5 Å². The summed E-state index contributed by atoms with van der Waals surface area (Å²) in [6.07, 6.45) is 0. The van der Waals surface area contributed by atoms with Crippen molar-refractivity contribution in [3.05, 3.63) is 75.1 Å². The molecular formula is C20H16N2O4.